The standard InChI is InChI=1S/C22H24F3N5O2/c1-15-21(16(2)30(26-15)12-17-6-4-3-5-7-17)18-14-32-11-10-29(18)20(31)13-28-9-8-19(27-28)22(23,24)25/h3-9,18H,10-14H2,1-2H3. The Morgan fingerprint density at radius 2 is 1.91 bits per heavy atom. The summed E-state index contributed by atoms with van der Waals surface area (Å²) in [6.45, 7) is 5.19. The highest BCUT2D eigenvalue weighted by atomic mass is 19.4. The van der Waals surface area contributed by atoms with Crippen molar-refractivity contribution in [1.82, 2.24) is 24.5 Å². The fraction of sp³-hybridized carbons (Fsp3) is 0.409. The van der Waals surface area contributed by atoms with Crippen LogP contribution in [0.1, 0.15) is 34.3 Å². The molecule has 1 aromatic carbocycles. The number of halogens is 3. The van der Waals surface area contributed by atoms with Crippen molar-refractivity contribution in [2.45, 2.75) is 39.2 Å². The normalized spacial score (nSPS) is 17.0. The lowest BCUT2D eigenvalue weighted by Crippen LogP contribution is -2.45. The van der Waals surface area contributed by atoms with Crippen LogP contribution in [-0.4, -0.2) is 50.1 Å². The average molecular weight is 447 g/mol. The van der Waals surface area contributed by atoms with Gasteiger partial charge in [-0.05, 0) is 25.5 Å². The van der Waals surface area contributed by atoms with E-state index in [-0.39, 0.29) is 18.5 Å². The Hall–Kier alpha value is -3.14. The molecule has 1 fully saturated rings. The first kappa shape index (κ1) is 22.1. The number of carbonyl (C=O) groups is 1. The maximum atomic E-state index is 13.0. The monoisotopic (exact) mass is 447 g/mol. The number of morpholine rings is 1. The third-order valence-corrected chi connectivity index (χ3v) is 5.62. The van der Waals surface area contributed by atoms with Crippen LogP contribution >= 0.6 is 0 Å². The van der Waals surface area contributed by atoms with Gasteiger partial charge in [0.2, 0.25) is 5.91 Å². The number of rotatable bonds is 5. The van der Waals surface area contributed by atoms with Crippen LogP contribution in [-0.2, 0) is 28.8 Å². The number of aryl methyl sites for hydroxylation is 1. The van der Waals surface area contributed by atoms with Crippen LogP contribution < -0.4 is 0 Å². The van der Waals surface area contributed by atoms with Gasteiger partial charge in [-0.1, -0.05) is 30.3 Å². The highest BCUT2D eigenvalue weighted by molar-refractivity contribution is 5.76. The zero-order chi connectivity index (χ0) is 22.9. The SMILES string of the molecule is Cc1nn(Cc2ccccc2)c(C)c1C1COCCN1C(=O)Cn1ccc(C(F)(F)F)n1. The number of carbonyl (C=O) groups excluding carboxylic acids is 1. The number of ether oxygens (including phenoxy) is 1. The van der Waals surface area contributed by atoms with E-state index in [9.17, 15) is 18.0 Å². The van der Waals surface area contributed by atoms with Gasteiger partial charge in [0, 0.05) is 24.0 Å². The summed E-state index contributed by atoms with van der Waals surface area (Å²) in [5.74, 6) is -0.315. The van der Waals surface area contributed by atoms with Crippen LogP contribution in [0.4, 0.5) is 13.2 Å². The minimum absolute atomic E-state index is 0.275. The van der Waals surface area contributed by atoms with Crippen molar-refractivity contribution in [3.05, 3.63) is 70.8 Å². The molecule has 1 aliphatic rings. The molecule has 1 atom stereocenters. The predicted molar refractivity (Wildman–Crippen MR) is 110 cm³/mol. The Labute approximate surface area is 183 Å². The summed E-state index contributed by atoms with van der Waals surface area (Å²) in [5.41, 5.74) is 2.73. The van der Waals surface area contributed by atoms with Crippen molar-refractivity contribution in [3.8, 4) is 0 Å². The zero-order valence-electron chi connectivity index (χ0n) is 17.8. The van der Waals surface area contributed by atoms with E-state index in [4.69, 9.17) is 4.74 Å². The minimum atomic E-state index is -4.54. The molecule has 32 heavy (non-hydrogen) atoms. The van der Waals surface area contributed by atoms with Gasteiger partial charge < -0.3 is 9.64 Å². The molecule has 170 valence electrons. The molecular weight excluding hydrogens is 423 g/mol. The molecule has 0 aliphatic carbocycles. The van der Waals surface area contributed by atoms with Crippen molar-refractivity contribution in [1.29, 1.82) is 0 Å². The number of nitrogens with zero attached hydrogens (tertiary/aromatic N) is 5. The van der Waals surface area contributed by atoms with Crippen molar-refractivity contribution in [2.75, 3.05) is 19.8 Å². The fourth-order valence-corrected chi connectivity index (χ4v) is 4.08. The summed E-state index contributed by atoms with van der Waals surface area (Å²) in [5, 5.41) is 8.17. The smallest absolute Gasteiger partial charge is 0.377 e. The molecule has 1 amide bonds. The van der Waals surface area contributed by atoms with Gasteiger partial charge >= 0.3 is 6.18 Å². The molecule has 0 N–H and O–H groups in total. The summed E-state index contributed by atoms with van der Waals surface area (Å²) >= 11 is 0. The number of alkyl halides is 3. The van der Waals surface area contributed by atoms with E-state index >= 15 is 0 Å². The Bertz CT molecular complexity index is 1090. The summed E-state index contributed by atoms with van der Waals surface area (Å²) in [4.78, 5) is 14.7. The van der Waals surface area contributed by atoms with Crippen molar-refractivity contribution in [2.24, 2.45) is 0 Å². The maximum absolute atomic E-state index is 13.0. The summed E-state index contributed by atoms with van der Waals surface area (Å²) in [6, 6.07) is 10.4. The van der Waals surface area contributed by atoms with Crippen LogP contribution in [0.5, 0.6) is 0 Å². The second-order valence-corrected chi connectivity index (χ2v) is 7.80. The first-order chi connectivity index (χ1) is 15.2. The number of hydrogen-bond acceptors (Lipinski definition) is 4. The van der Waals surface area contributed by atoms with E-state index in [0.29, 0.717) is 26.3 Å². The Morgan fingerprint density at radius 1 is 1.16 bits per heavy atom. The summed E-state index contributed by atoms with van der Waals surface area (Å²) in [6.07, 6.45) is -3.37. The third-order valence-electron chi connectivity index (χ3n) is 5.62. The van der Waals surface area contributed by atoms with Crippen LogP contribution in [0.15, 0.2) is 42.6 Å². The molecule has 10 heteroatoms. The van der Waals surface area contributed by atoms with E-state index in [1.807, 2.05) is 48.9 Å². The molecule has 1 aliphatic heterocycles. The van der Waals surface area contributed by atoms with Gasteiger partial charge in [0.15, 0.2) is 5.69 Å². The molecule has 1 unspecified atom stereocenters. The quantitative estimate of drug-likeness (QED) is 0.602. The molecule has 0 saturated carbocycles. The van der Waals surface area contributed by atoms with E-state index in [2.05, 4.69) is 10.2 Å². The van der Waals surface area contributed by atoms with Gasteiger partial charge in [-0.2, -0.15) is 23.4 Å². The largest absolute Gasteiger partial charge is 0.435 e. The molecular formula is C22H24F3N5O2. The lowest BCUT2D eigenvalue weighted by Gasteiger charge is -2.36. The van der Waals surface area contributed by atoms with Gasteiger partial charge in [-0.25, -0.2) is 0 Å². The highest BCUT2D eigenvalue weighted by Gasteiger charge is 2.35. The summed E-state index contributed by atoms with van der Waals surface area (Å²) in [7, 11) is 0. The molecule has 0 radical (unpaired) electrons. The predicted octanol–water partition coefficient (Wildman–Crippen LogP) is 3.36. The number of hydrogen-bond donors (Lipinski definition) is 0. The molecule has 7 nitrogen and oxygen atoms in total. The minimum Gasteiger partial charge on any atom is -0.377 e. The van der Waals surface area contributed by atoms with Crippen LogP contribution in [0, 0.1) is 13.8 Å². The van der Waals surface area contributed by atoms with Gasteiger partial charge in [0.25, 0.3) is 0 Å². The summed E-state index contributed by atoms with van der Waals surface area (Å²) < 4.78 is 47.1. The Morgan fingerprint density at radius 3 is 2.59 bits per heavy atom. The first-order valence-corrected chi connectivity index (χ1v) is 10.3. The van der Waals surface area contributed by atoms with Crippen LogP contribution in [0.3, 0.4) is 0 Å². The van der Waals surface area contributed by atoms with Gasteiger partial charge in [-0.3, -0.25) is 14.2 Å². The first-order valence-electron chi connectivity index (χ1n) is 10.3. The van der Waals surface area contributed by atoms with Gasteiger partial charge in [-0.15, -0.1) is 0 Å². The molecule has 3 aromatic rings. The van der Waals surface area contributed by atoms with E-state index in [1.54, 1.807) is 4.90 Å². The second-order valence-electron chi connectivity index (χ2n) is 7.80. The molecule has 1 saturated heterocycles. The van der Waals surface area contributed by atoms with Crippen molar-refractivity contribution >= 4 is 5.91 Å². The molecule has 0 spiro atoms. The van der Waals surface area contributed by atoms with Gasteiger partial charge in [0.1, 0.15) is 6.54 Å². The number of benzene rings is 1. The second kappa shape index (κ2) is 8.78. The van der Waals surface area contributed by atoms with E-state index < -0.39 is 11.9 Å². The maximum Gasteiger partial charge on any atom is 0.435 e. The van der Waals surface area contributed by atoms with Crippen molar-refractivity contribution in [3.63, 3.8) is 0 Å². The van der Waals surface area contributed by atoms with E-state index in [1.165, 1.54) is 6.20 Å². The van der Waals surface area contributed by atoms with Crippen molar-refractivity contribution < 1.29 is 22.7 Å². The Kier molecular flexibility index (Phi) is 6.05. The number of amides is 1. The molecule has 0 bridgehead atoms. The van der Waals surface area contributed by atoms with Crippen LogP contribution in [0.25, 0.3) is 0 Å². The molecule has 4 rings (SSSR count). The topological polar surface area (TPSA) is 65.2 Å². The molecule has 3 heterocycles. The lowest BCUT2D eigenvalue weighted by atomic mass is 10.0. The number of aromatic nitrogens is 4. The Balaban J connectivity index is 1.56. The van der Waals surface area contributed by atoms with E-state index in [0.717, 1.165) is 33.3 Å². The van der Waals surface area contributed by atoms with Crippen LogP contribution in [0.2, 0.25) is 0 Å². The fourth-order valence-electron chi connectivity index (χ4n) is 4.08. The highest BCUT2D eigenvalue weighted by Crippen LogP contribution is 2.31. The lowest BCUT2D eigenvalue weighted by molar-refractivity contribution is -0.144. The average Bonchev–Trinajstić information content (AvgIpc) is 3.33. The zero-order valence-corrected chi connectivity index (χ0v) is 17.8. The third kappa shape index (κ3) is 4.55. The molecule has 2 aromatic heterocycles. The van der Waals surface area contributed by atoms with Gasteiger partial charge in [0.05, 0.1) is 31.5 Å².